The Morgan fingerprint density at radius 2 is 1.75 bits per heavy atom. The quantitative estimate of drug-likeness (QED) is 0.558. The molecule has 1 aliphatic carbocycles. The molecule has 0 saturated carbocycles. The van der Waals surface area contributed by atoms with Crippen molar-refractivity contribution in [3.05, 3.63) is 52.3 Å². The summed E-state index contributed by atoms with van der Waals surface area (Å²) in [6.07, 6.45) is 4.00. The Labute approximate surface area is 165 Å². The van der Waals surface area contributed by atoms with E-state index in [-0.39, 0.29) is 17.4 Å². The van der Waals surface area contributed by atoms with Crippen LogP contribution in [0, 0.1) is 5.41 Å². The van der Waals surface area contributed by atoms with Crippen molar-refractivity contribution in [2.45, 2.75) is 52.5 Å². The van der Waals surface area contributed by atoms with E-state index in [2.05, 4.69) is 31.2 Å². The number of carbonyl (C=O) groups is 2. The van der Waals surface area contributed by atoms with Crippen LogP contribution in [0.15, 0.2) is 24.3 Å². The fourth-order valence-corrected chi connectivity index (χ4v) is 3.86. The number of fused-ring (bicyclic) bond motifs is 1. The number of rotatable bonds is 4. The Bertz CT molecular complexity index is 878. The molecule has 0 saturated heterocycles. The van der Waals surface area contributed by atoms with Crippen LogP contribution in [0.3, 0.4) is 0 Å². The lowest BCUT2D eigenvalue weighted by atomic mass is 9.82. The summed E-state index contributed by atoms with van der Waals surface area (Å²) in [7, 11) is 1.82. The first-order chi connectivity index (χ1) is 13.2. The van der Waals surface area contributed by atoms with Crippen LogP contribution in [0.1, 0.15) is 77.3 Å². The third-order valence-corrected chi connectivity index (χ3v) is 5.28. The van der Waals surface area contributed by atoms with Crippen LogP contribution in [0.2, 0.25) is 0 Å². The third-order valence-electron chi connectivity index (χ3n) is 5.28. The smallest absolute Gasteiger partial charge is 0.274 e. The predicted molar refractivity (Wildman–Crippen MR) is 105 cm³/mol. The van der Waals surface area contributed by atoms with Gasteiger partial charge in [0.05, 0.1) is 11.7 Å². The highest BCUT2D eigenvalue weighted by Crippen LogP contribution is 2.34. The minimum absolute atomic E-state index is 0.129. The highest BCUT2D eigenvalue weighted by Gasteiger charge is 2.31. The number of benzene rings is 1. The summed E-state index contributed by atoms with van der Waals surface area (Å²) in [6, 6.07) is 6.63. The van der Waals surface area contributed by atoms with Gasteiger partial charge < -0.3 is 5.32 Å². The van der Waals surface area contributed by atoms with Crippen molar-refractivity contribution in [2.75, 3.05) is 0 Å². The summed E-state index contributed by atoms with van der Waals surface area (Å²) < 4.78 is 1.69. The van der Waals surface area contributed by atoms with Gasteiger partial charge in [0.15, 0.2) is 0 Å². The number of aryl methyl sites for hydroxylation is 2. The number of hydrogen-bond acceptors (Lipinski definition) is 4. The number of hydrogen-bond donors (Lipinski definition) is 3. The fourth-order valence-electron chi connectivity index (χ4n) is 3.86. The first-order valence-corrected chi connectivity index (χ1v) is 9.62. The minimum Gasteiger partial charge on any atom is -0.343 e. The van der Waals surface area contributed by atoms with E-state index in [9.17, 15) is 9.59 Å². The molecule has 3 N–H and O–H groups in total. The van der Waals surface area contributed by atoms with Crippen LogP contribution in [0.4, 0.5) is 0 Å². The second-order valence-corrected chi connectivity index (χ2v) is 8.44. The maximum absolute atomic E-state index is 13.2. The number of amides is 2. The average molecular weight is 384 g/mol. The van der Waals surface area contributed by atoms with Crippen molar-refractivity contribution in [3.63, 3.8) is 0 Å². The van der Waals surface area contributed by atoms with E-state index < -0.39 is 5.91 Å². The summed E-state index contributed by atoms with van der Waals surface area (Å²) in [4.78, 5) is 24.7. The lowest BCUT2D eigenvalue weighted by Gasteiger charge is -2.32. The molecule has 0 radical (unpaired) electrons. The van der Waals surface area contributed by atoms with Crippen molar-refractivity contribution in [1.29, 1.82) is 0 Å². The summed E-state index contributed by atoms with van der Waals surface area (Å²) in [5, 5.41) is 16.5. The molecule has 2 aromatic rings. The Hall–Kier alpha value is -2.67. The second kappa shape index (κ2) is 7.75. The van der Waals surface area contributed by atoms with E-state index in [1.165, 1.54) is 0 Å². The Kier molecular flexibility index (Phi) is 5.56. The van der Waals surface area contributed by atoms with Crippen molar-refractivity contribution < 1.29 is 14.8 Å². The molecular weight excluding hydrogens is 356 g/mol. The van der Waals surface area contributed by atoms with E-state index in [1.54, 1.807) is 34.4 Å². The zero-order valence-corrected chi connectivity index (χ0v) is 16.9. The van der Waals surface area contributed by atoms with Crippen LogP contribution < -0.4 is 10.8 Å². The summed E-state index contributed by atoms with van der Waals surface area (Å²) in [6.45, 7) is 6.18. The van der Waals surface area contributed by atoms with Crippen LogP contribution in [-0.4, -0.2) is 26.8 Å². The fraction of sp³-hybridized carbons (Fsp3) is 0.476. The third kappa shape index (κ3) is 3.94. The van der Waals surface area contributed by atoms with Gasteiger partial charge >= 0.3 is 0 Å². The van der Waals surface area contributed by atoms with Crippen molar-refractivity contribution >= 4 is 11.8 Å². The first kappa shape index (κ1) is 20.1. The zero-order valence-electron chi connectivity index (χ0n) is 16.9. The average Bonchev–Trinajstić information content (AvgIpc) is 3.00. The van der Waals surface area contributed by atoms with Crippen LogP contribution in [0.25, 0.3) is 0 Å². The molecule has 7 nitrogen and oxygen atoms in total. The van der Waals surface area contributed by atoms with E-state index in [1.807, 2.05) is 7.05 Å². The van der Waals surface area contributed by atoms with Crippen molar-refractivity contribution in [1.82, 2.24) is 20.6 Å². The molecule has 28 heavy (non-hydrogen) atoms. The maximum atomic E-state index is 13.2. The van der Waals surface area contributed by atoms with Gasteiger partial charge in [0.25, 0.3) is 11.8 Å². The molecule has 0 fully saturated rings. The topological polar surface area (TPSA) is 96.2 Å². The van der Waals surface area contributed by atoms with Gasteiger partial charge in [0.2, 0.25) is 0 Å². The van der Waals surface area contributed by atoms with Crippen LogP contribution in [-0.2, 0) is 19.9 Å². The number of hydroxylamine groups is 1. The van der Waals surface area contributed by atoms with Gasteiger partial charge in [-0.1, -0.05) is 32.9 Å². The maximum Gasteiger partial charge on any atom is 0.274 e. The van der Waals surface area contributed by atoms with Gasteiger partial charge in [-0.3, -0.25) is 19.5 Å². The van der Waals surface area contributed by atoms with Gasteiger partial charge in [-0.05, 0) is 48.8 Å². The molecule has 7 heteroatoms. The molecular formula is C21H28N4O3. The molecule has 1 unspecified atom stereocenters. The van der Waals surface area contributed by atoms with Crippen LogP contribution in [0.5, 0.6) is 0 Å². The van der Waals surface area contributed by atoms with Gasteiger partial charge in [0, 0.05) is 18.2 Å². The largest absolute Gasteiger partial charge is 0.343 e. The van der Waals surface area contributed by atoms with Gasteiger partial charge in [-0.2, -0.15) is 5.10 Å². The molecule has 3 rings (SSSR count). The number of aromatic nitrogens is 2. The molecule has 0 bridgehead atoms. The standard InChI is InChI=1S/C21H28N4O3/c1-21(2,3)18(13-9-11-14(12-10-13)19(26)24-28)22-20(27)17-15-7-5-6-8-16(15)23-25(17)4/h9-12,18,28H,5-8H2,1-4H3,(H,22,27)(H,24,26). The van der Waals surface area contributed by atoms with Crippen molar-refractivity contribution in [2.24, 2.45) is 12.5 Å². The molecule has 1 aromatic heterocycles. The number of nitrogens with one attached hydrogen (secondary N) is 2. The van der Waals surface area contributed by atoms with E-state index in [0.717, 1.165) is 42.5 Å². The Morgan fingerprint density at radius 3 is 2.36 bits per heavy atom. The normalized spacial score (nSPS) is 14.9. The van der Waals surface area contributed by atoms with Gasteiger partial charge in [0.1, 0.15) is 5.69 Å². The molecule has 0 spiro atoms. The van der Waals surface area contributed by atoms with Gasteiger partial charge in [-0.25, -0.2) is 5.48 Å². The molecule has 150 valence electrons. The molecule has 1 aliphatic rings. The Balaban J connectivity index is 1.89. The number of carbonyl (C=O) groups excluding carboxylic acids is 2. The minimum atomic E-state index is -0.565. The monoisotopic (exact) mass is 384 g/mol. The summed E-state index contributed by atoms with van der Waals surface area (Å²) >= 11 is 0. The molecule has 1 aromatic carbocycles. The molecule has 1 atom stereocenters. The number of nitrogens with zero attached hydrogens (tertiary/aromatic N) is 2. The predicted octanol–water partition coefficient (Wildman–Crippen LogP) is 2.94. The highest BCUT2D eigenvalue weighted by atomic mass is 16.5. The molecule has 1 heterocycles. The zero-order chi connectivity index (χ0) is 20.5. The SMILES string of the molecule is Cn1nc2c(c1C(=O)NC(c1ccc(C(=O)NO)cc1)C(C)(C)C)CCCC2. The van der Waals surface area contributed by atoms with Crippen molar-refractivity contribution in [3.8, 4) is 0 Å². The lowest BCUT2D eigenvalue weighted by molar-refractivity contribution is 0.0706. The molecule has 0 aliphatic heterocycles. The summed E-state index contributed by atoms with van der Waals surface area (Å²) in [5.74, 6) is -0.695. The molecule has 2 amide bonds. The highest BCUT2D eigenvalue weighted by molar-refractivity contribution is 5.95. The van der Waals surface area contributed by atoms with E-state index in [0.29, 0.717) is 11.3 Å². The summed E-state index contributed by atoms with van der Waals surface area (Å²) in [5.41, 5.74) is 5.37. The first-order valence-electron chi connectivity index (χ1n) is 9.62. The van der Waals surface area contributed by atoms with Crippen LogP contribution >= 0.6 is 0 Å². The Morgan fingerprint density at radius 1 is 1.11 bits per heavy atom. The van der Waals surface area contributed by atoms with Gasteiger partial charge in [-0.15, -0.1) is 0 Å². The van der Waals surface area contributed by atoms with E-state index in [4.69, 9.17) is 5.21 Å². The second-order valence-electron chi connectivity index (χ2n) is 8.44. The lowest BCUT2D eigenvalue weighted by Crippen LogP contribution is -2.38. The van der Waals surface area contributed by atoms with E-state index >= 15 is 0 Å².